The molecule has 0 fully saturated rings. The summed E-state index contributed by atoms with van der Waals surface area (Å²) in [6.45, 7) is 0. The quantitative estimate of drug-likeness (QED) is 0.341. The molecular formula is C22H15F4N3OS. The van der Waals surface area contributed by atoms with E-state index in [1.54, 1.807) is 12.3 Å². The van der Waals surface area contributed by atoms with E-state index >= 15 is 0 Å². The Morgan fingerprint density at radius 1 is 0.935 bits per heavy atom. The van der Waals surface area contributed by atoms with Crippen molar-refractivity contribution in [3.8, 4) is 22.7 Å². The molecule has 1 heterocycles. The zero-order valence-electron chi connectivity index (χ0n) is 16.1. The number of benzene rings is 3. The van der Waals surface area contributed by atoms with E-state index in [2.05, 4.69) is 10.3 Å². The number of alkyl halides is 3. The maximum atomic E-state index is 14.4. The first-order chi connectivity index (χ1) is 14.9. The van der Waals surface area contributed by atoms with Crippen LogP contribution in [0.1, 0.15) is 5.56 Å². The number of para-hydroxylation sites is 1. The van der Waals surface area contributed by atoms with Crippen molar-refractivity contribution in [1.82, 2.24) is 15.0 Å². The molecule has 4 rings (SSSR count). The van der Waals surface area contributed by atoms with Crippen molar-refractivity contribution in [2.45, 2.75) is 16.0 Å². The summed E-state index contributed by atoms with van der Waals surface area (Å²) in [5.41, 5.74) is 0.637. The first-order valence-electron chi connectivity index (χ1n) is 9.06. The Kier molecular flexibility index (Phi) is 5.69. The molecule has 4 aromatic rings. The van der Waals surface area contributed by atoms with Crippen molar-refractivity contribution in [2.24, 2.45) is 0 Å². The van der Waals surface area contributed by atoms with Crippen molar-refractivity contribution in [3.63, 3.8) is 0 Å². The van der Waals surface area contributed by atoms with Gasteiger partial charge in [-0.05, 0) is 42.5 Å². The van der Waals surface area contributed by atoms with Gasteiger partial charge in [0.2, 0.25) is 0 Å². The Morgan fingerprint density at radius 2 is 1.68 bits per heavy atom. The number of hydrogen-bond acceptors (Lipinski definition) is 4. The minimum atomic E-state index is -4.38. The van der Waals surface area contributed by atoms with Gasteiger partial charge in [0.05, 0.1) is 18.9 Å². The van der Waals surface area contributed by atoms with Crippen LogP contribution in [0.3, 0.4) is 0 Å². The lowest BCUT2D eigenvalue weighted by atomic mass is 10.2. The van der Waals surface area contributed by atoms with Gasteiger partial charge >= 0.3 is 6.18 Å². The molecule has 0 bridgehead atoms. The van der Waals surface area contributed by atoms with Crippen LogP contribution in [0.5, 0.6) is 5.75 Å². The highest BCUT2D eigenvalue weighted by atomic mass is 32.2. The molecule has 0 radical (unpaired) electrons. The van der Waals surface area contributed by atoms with Crippen LogP contribution in [0, 0.1) is 5.82 Å². The van der Waals surface area contributed by atoms with Crippen LogP contribution in [0.2, 0.25) is 0 Å². The lowest BCUT2D eigenvalue weighted by Gasteiger charge is -2.09. The zero-order chi connectivity index (χ0) is 22.0. The standard InChI is InChI=1S/C22H15F4N3OS/c1-30-19-7-4-6-17(23)21(19)29-13-18(27-28-29)16-5-2-3-8-20(16)31-15-11-9-14(10-12-15)22(24,25)26/h2-13H,1H3. The summed E-state index contributed by atoms with van der Waals surface area (Å²) >= 11 is 1.30. The first-order valence-corrected chi connectivity index (χ1v) is 9.88. The number of ether oxygens (including phenoxy) is 1. The molecule has 0 N–H and O–H groups in total. The van der Waals surface area contributed by atoms with Crippen LogP contribution in [0.4, 0.5) is 17.6 Å². The zero-order valence-corrected chi connectivity index (χ0v) is 16.9. The third-order valence-electron chi connectivity index (χ3n) is 4.46. The molecule has 31 heavy (non-hydrogen) atoms. The van der Waals surface area contributed by atoms with Gasteiger partial charge in [0.25, 0.3) is 0 Å². The monoisotopic (exact) mass is 445 g/mol. The summed E-state index contributed by atoms with van der Waals surface area (Å²) in [6.07, 6.45) is -2.81. The largest absolute Gasteiger partial charge is 0.494 e. The first kappa shape index (κ1) is 20.9. The summed E-state index contributed by atoms with van der Waals surface area (Å²) < 4.78 is 59.3. The summed E-state index contributed by atoms with van der Waals surface area (Å²) in [7, 11) is 1.44. The fourth-order valence-electron chi connectivity index (χ4n) is 2.99. The third kappa shape index (κ3) is 4.41. The lowest BCUT2D eigenvalue weighted by Crippen LogP contribution is -2.03. The van der Waals surface area contributed by atoms with E-state index in [0.29, 0.717) is 21.9 Å². The second-order valence-electron chi connectivity index (χ2n) is 6.46. The number of methoxy groups -OCH3 is 1. The number of nitrogens with zero attached hydrogens (tertiary/aromatic N) is 3. The molecule has 1 aromatic heterocycles. The summed E-state index contributed by atoms with van der Waals surface area (Å²) in [5, 5.41) is 8.19. The van der Waals surface area contributed by atoms with Crippen molar-refractivity contribution < 1.29 is 22.3 Å². The summed E-state index contributed by atoms with van der Waals surface area (Å²) in [5.74, 6) is -0.202. The minimum Gasteiger partial charge on any atom is -0.494 e. The molecule has 158 valence electrons. The Morgan fingerprint density at radius 3 is 2.39 bits per heavy atom. The van der Waals surface area contributed by atoms with Gasteiger partial charge in [-0.1, -0.05) is 41.2 Å². The highest BCUT2D eigenvalue weighted by Gasteiger charge is 2.30. The van der Waals surface area contributed by atoms with Crippen LogP contribution in [-0.2, 0) is 6.18 Å². The molecule has 0 amide bonds. The van der Waals surface area contributed by atoms with E-state index in [4.69, 9.17) is 4.74 Å². The number of rotatable bonds is 5. The highest BCUT2D eigenvalue weighted by molar-refractivity contribution is 7.99. The van der Waals surface area contributed by atoms with Gasteiger partial charge in [-0.3, -0.25) is 0 Å². The normalized spacial score (nSPS) is 11.5. The van der Waals surface area contributed by atoms with Gasteiger partial charge in [-0.25, -0.2) is 9.07 Å². The molecule has 0 atom stereocenters. The molecule has 0 unspecified atom stereocenters. The molecule has 9 heteroatoms. The molecule has 0 aliphatic carbocycles. The van der Waals surface area contributed by atoms with Gasteiger partial charge in [0.1, 0.15) is 17.1 Å². The number of halogens is 4. The highest BCUT2D eigenvalue weighted by Crippen LogP contribution is 2.37. The van der Waals surface area contributed by atoms with Gasteiger partial charge in [0, 0.05) is 15.4 Å². The molecule has 4 nitrogen and oxygen atoms in total. The van der Waals surface area contributed by atoms with Crippen LogP contribution >= 0.6 is 11.8 Å². The van der Waals surface area contributed by atoms with Crippen molar-refractivity contribution in [3.05, 3.63) is 84.3 Å². The maximum Gasteiger partial charge on any atom is 0.416 e. The van der Waals surface area contributed by atoms with E-state index in [-0.39, 0.29) is 5.69 Å². The Balaban J connectivity index is 1.66. The fraction of sp³-hybridized carbons (Fsp3) is 0.0909. The third-order valence-corrected chi connectivity index (χ3v) is 5.55. The van der Waals surface area contributed by atoms with Crippen molar-refractivity contribution >= 4 is 11.8 Å². The topological polar surface area (TPSA) is 39.9 Å². The molecule has 0 aliphatic rings. The predicted molar refractivity (Wildman–Crippen MR) is 109 cm³/mol. The molecule has 0 aliphatic heterocycles. The fourth-order valence-corrected chi connectivity index (χ4v) is 3.94. The summed E-state index contributed by atoms with van der Waals surface area (Å²) in [4.78, 5) is 1.42. The van der Waals surface area contributed by atoms with Gasteiger partial charge < -0.3 is 4.74 Å². The van der Waals surface area contributed by atoms with E-state index in [1.807, 2.05) is 24.3 Å². The average Bonchev–Trinajstić information content (AvgIpc) is 3.23. The molecule has 3 aromatic carbocycles. The van der Waals surface area contributed by atoms with E-state index in [9.17, 15) is 17.6 Å². The van der Waals surface area contributed by atoms with Crippen molar-refractivity contribution in [1.29, 1.82) is 0 Å². The number of hydrogen-bond donors (Lipinski definition) is 0. The van der Waals surface area contributed by atoms with Gasteiger partial charge in [-0.15, -0.1) is 5.10 Å². The Labute approximate surface area is 179 Å². The predicted octanol–water partition coefficient (Wildman–Crippen LogP) is 6.25. The molecular weight excluding hydrogens is 430 g/mol. The SMILES string of the molecule is COc1cccc(F)c1-n1cc(-c2ccccc2Sc2ccc(C(F)(F)F)cc2)nn1. The van der Waals surface area contributed by atoms with E-state index in [1.165, 1.54) is 47.8 Å². The Hall–Kier alpha value is -3.33. The maximum absolute atomic E-state index is 14.4. The minimum absolute atomic E-state index is 0.136. The lowest BCUT2D eigenvalue weighted by molar-refractivity contribution is -0.137. The van der Waals surface area contributed by atoms with E-state index in [0.717, 1.165) is 17.0 Å². The Bertz CT molecular complexity index is 1210. The second-order valence-corrected chi connectivity index (χ2v) is 7.57. The van der Waals surface area contributed by atoms with Gasteiger partial charge in [0.15, 0.2) is 5.82 Å². The smallest absolute Gasteiger partial charge is 0.416 e. The number of aromatic nitrogens is 3. The van der Waals surface area contributed by atoms with Crippen LogP contribution in [0.15, 0.2) is 82.7 Å². The van der Waals surface area contributed by atoms with Crippen LogP contribution in [-0.4, -0.2) is 22.1 Å². The average molecular weight is 445 g/mol. The van der Waals surface area contributed by atoms with Crippen LogP contribution < -0.4 is 4.74 Å². The molecule has 0 spiro atoms. The second kappa shape index (κ2) is 8.43. The van der Waals surface area contributed by atoms with Crippen LogP contribution in [0.25, 0.3) is 16.9 Å². The van der Waals surface area contributed by atoms with Gasteiger partial charge in [-0.2, -0.15) is 13.2 Å². The van der Waals surface area contributed by atoms with Crippen molar-refractivity contribution in [2.75, 3.05) is 7.11 Å². The summed E-state index contributed by atoms with van der Waals surface area (Å²) in [6, 6.07) is 16.7. The molecule has 0 saturated carbocycles. The molecule has 0 saturated heterocycles. The van der Waals surface area contributed by atoms with E-state index < -0.39 is 17.6 Å².